The number of nitrogens with zero attached hydrogens (tertiary/aromatic N) is 1. The normalized spacial score (nSPS) is 27.3. The molecule has 5 N–H and O–H groups in total. The van der Waals surface area contributed by atoms with Gasteiger partial charge in [-0.2, -0.15) is 0 Å². The molecule has 0 aliphatic carbocycles. The van der Waals surface area contributed by atoms with E-state index < -0.39 is 23.6 Å². The Morgan fingerprint density at radius 1 is 1.50 bits per heavy atom. The van der Waals surface area contributed by atoms with Crippen LogP contribution in [0.1, 0.15) is 18.9 Å². The molecule has 3 rings (SSSR count). The van der Waals surface area contributed by atoms with E-state index in [-0.39, 0.29) is 11.9 Å². The molecule has 1 aromatic carbocycles. The fraction of sp³-hybridized carbons (Fsp3) is 0.556. The van der Waals surface area contributed by atoms with Crippen LogP contribution in [0.5, 0.6) is 5.75 Å². The number of hydrogen-bond donors (Lipinski definition) is 4. The van der Waals surface area contributed by atoms with Gasteiger partial charge in [-0.1, -0.05) is 12.1 Å². The number of nitrogens with one attached hydrogen (secondary N) is 2. The van der Waals surface area contributed by atoms with Gasteiger partial charge in [-0.05, 0) is 31.0 Å². The highest BCUT2D eigenvalue weighted by molar-refractivity contribution is 5.93. The number of benzene rings is 1. The zero-order valence-corrected chi connectivity index (χ0v) is 15.1. The smallest absolute Gasteiger partial charge is 0.245 e. The van der Waals surface area contributed by atoms with Crippen molar-refractivity contribution in [2.45, 2.75) is 43.6 Å². The van der Waals surface area contributed by atoms with Gasteiger partial charge in [0.25, 0.3) is 0 Å². The SMILES string of the molecule is COc1ccc(CN2C[C@@]3(CC(N[C@H](C(N)=O)[C@@H](C)O)CN3)C2=O)cc1. The highest BCUT2D eigenvalue weighted by Crippen LogP contribution is 2.33. The predicted molar refractivity (Wildman–Crippen MR) is 95.3 cm³/mol. The lowest BCUT2D eigenvalue weighted by Gasteiger charge is -2.47. The largest absolute Gasteiger partial charge is 0.497 e. The van der Waals surface area contributed by atoms with Crippen LogP contribution in [0.25, 0.3) is 0 Å². The van der Waals surface area contributed by atoms with Crippen molar-refractivity contribution >= 4 is 11.8 Å². The van der Waals surface area contributed by atoms with Crippen LogP contribution in [0.4, 0.5) is 0 Å². The number of methoxy groups -OCH3 is 1. The summed E-state index contributed by atoms with van der Waals surface area (Å²) < 4.78 is 5.14. The van der Waals surface area contributed by atoms with Crippen molar-refractivity contribution in [3.05, 3.63) is 29.8 Å². The number of β-lactam (4-membered cyclic amide) rings is 1. The van der Waals surface area contributed by atoms with E-state index in [1.165, 1.54) is 6.92 Å². The molecule has 1 unspecified atom stereocenters. The summed E-state index contributed by atoms with van der Waals surface area (Å²) in [5, 5.41) is 16.0. The van der Waals surface area contributed by atoms with Crippen LogP contribution in [0.2, 0.25) is 0 Å². The average Bonchev–Trinajstić information content (AvgIpc) is 3.05. The van der Waals surface area contributed by atoms with Crippen molar-refractivity contribution < 1.29 is 19.4 Å². The van der Waals surface area contributed by atoms with Crippen LogP contribution < -0.4 is 21.1 Å². The minimum absolute atomic E-state index is 0.0605. The molecule has 0 aromatic heterocycles. The molecule has 2 amide bonds. The number of primary amides is 1. The van der Waals surface area contributed by atoms with Crippen LogP contribution in [0, 0.1) is 0 Å². The molecule has 2 heterocycles. The molecule has 8 nitrogen and oxygen atoms in total. The third-order valence-electron chi connectivity index (χ3n) is 5.18. The summed E-state index contributed by atoms with van der Waals surface area (Å²) in [6.07, 6.45) is -0.311. The number of amides is 2. The summed E-state index contributed by atoms with van der Waals surface area (Å²) in [6, 6.07) is 6.75. The third-order valence-corrected chi connectivity index (χ3v) is 5.18. The summed E-state index contributed by atoms with van der Waals surface area (Å²) >= 11 is 0. The third kappa shape index (κ3) is 3.53. The van der Waals surface area contributed by atoms with Gasteiger partial charge in [-0.3, -0.25) is 14.9 Å². The second-order valence-electron chi connectivity index (χ2n) is 7.16. The molecule has 26 heavy (non-hydrogen) atoms. The lowest BCUT2D eigenvalue weighted by Crippen LogP contribution is -2.70. The van der Waals surface area contributed by atoms with Gasteiger partial charge in [0.1, 0.15) is 17.3 Å². The van der Waals surface area contributed by atoms with E-state index in [0.29, 0.717) is 26.1 Å². The Morgan fingerprint density at radius 3 is 2.73 bits per heavy atom. The van der Waals surface area contributed by atoms with Crippen LogP contribution in [-0.2, 0) is 16.1 Å². The number of hydrogen-bond acceptors (Lipinski definition) is 6. The summed E-state index contributed by atoms with van der Waals surface area (Å²) in [4.78, 5) is 25.9. The van der Waals surface area contributed by atoms with Gasteiger partial charge in [0.15, 0.2) is 0 Å². The number of carbonyl (C=O) groups is 2. The van der Waals surface area contributed by atoms with Gasteiger partial charge >= 0.3 is 0 Å². The summed E-state index contributed by atoms with van der Waals surface area (Å²) in [7, 11) is 1.62. The number of likely N-dealkylation sites (tertiary alicyclic amines) is 1. The Balaban J connectivity index is 1.55. The van der Waals surface area contributed by atoms with Crippen molar-refractivity contribution in [3.8, 4) is 5.75 Å². The Bertz CT molecular complexity index is 678. The van der Waals surface area contributed by atoms with E-state index in [0.717, 1.165) is 11.3 Å². The summed E-state index contributed by atoms with van der Waals surface area (Å²) in [5.41, 5.74) is 5.79. The second kappa shape index (κ2) is 7.22. The maximum Gasteiger partial charge on any atom is 0.245 e. The van der Waals surface area contributed by atoms with Crippen molar-refractivity contribution in [3.63, 3.8) is 0 Å². The number of nitrogens with two attached hydrogens (primary N) is 1. The Kier molecular flexibility index (Phi) is 5.17. The number of carbonyl (C=O) groups excluding carboxylic acids is 2. The van der Waals surface area contributed by atoms with E-state index >= 15 is 0 Å². The van der Waals surface area contributed by atoms with Crippen molar-refractivity contribution in [1.29, 1.82) is 0 Å². The van der Waals surface area contributed by atoms with Crippen molar-refractivity contribution in [2.75, 3.05) is 20.2 Å². The van der Waals surface area contributed by atoms with Gasteiger partial charge in [-0.15, -0.1) is 0 Å². The molecular weight excluding hydrogens is 336 g/mol. The Morgan fingerprint density at radius 2 is 2.19 bits per heavy atom. The van der Waals surface area contributed by atoms with Gasteiger partial charge in [-0.25, -0.2) is 0 Å². The highest BCUT2D eigenvalue weighted by atomic mass is 16.5. The topological polar surface area (TPSA) is 117 Å². The Labute approximate surface area is 152 Å². The molecule has 2 saturated heterocycles. The lowest BCUT2D eigenvalue weighted by atomic mass is 9.85. The number of aliphatic hydroxyl groups is 1. The number of rotatable bonds is 7. The minimum atomic E-state index is -0.882. The van der Waals surface area contributed by atoms with Crippen molar-refractivity contribution in [2.24, 2.45) is 5.73 Å². The molecule has 2 aliphatic heterocycles. The van der Waals surface area contributed by atoms with Crippen LogP contribution in [0.3, 0.4) is 0 Å². The average molecular weight is 362 g/mol. The maximum absolute atomic E-state index is 12.7. The minimum Gasteiger partial charge on any atom is -0.497 e. The fourth-order valence-electron chi connectivity index (χ4n) is 3.75. The molecule has 0 radical (unpaired) electrons. The molecule has 2 fully saturated rings. The monoisotopic (exact) mass is 362 g/mol. The first-order chi connectivity index (χ1) is 12.3. The zero-order chi connectivity index (χ0) is 18.9. The van der Waals surface area contributed by atoms with E-state index in [1.54, 1.807) is 12.0 Å². The van der Waals surface area contributed by atoms with Crippen molar-refractivity contribution in [1.82, 2.24) is 15.5 Å². The quantitative estimate of drug-likeness (QED) is 0.461. The predicted octanol–water partition coefficient (Wildman–Crippen LogP) is -1.04. The van der Waals surface area contributed by atoms with Gasteiger partial charge in [0, 0.05) is 25.7 Å². The fourth-order valence-corrected chi connectivity index (χ4v) is 3.75. The van der Waals surface area contributed by atoms with Crippen LogP contribution >= 0.6 is 0 Å². The first-order valence-electron chi connectivity index (χ1n) is 8.75. The molecule has 0 saturated carbocycles. The van der Waals surface area contributed by atoms with Gasteiger partial charge in [0.2, 0.25) is 11.8 Å². The molecule has 1 spiro atoms. The lowest BCUT2D eigenvalue weighted by molar-refractivity contribution is -0.153. The van der Waals surface area contributed by atoms with E-state index in [9.17, 15) is 14.7 Å². The highest BCUT2D eigenvalue weighted by Gasteiger charge is 2.55. The molecular formula is C18H26N4O4. The zero-order valence-electron chi connectivity index (χ0n) is 15.1. The van der Waals surface area contributed by atoms with Crippen LogP contribution in [0.15, 0.2) is 24.3 Å². The van der Waals surface area contributed by atoms with E-state index in [2.05, 4.69) is 10.6 Å². The first kappa shape index (κ1) is 18.6. The van der Waals surface area contributed by atoms with Gasteiger partial charge in [0.05, 0.1) is 13.2 Å². The summed E-state index contributed by atoms with van der Waals surface area (Å²) in [6.45, 7) is 3.25. The standard InChI is InChI=1S/C18H26N4O4/c1-11(23)15(16(19)24)21-13-7-18(20-8-13)10-22(17(18)25)9-12-3-5-14(26-2)6-4-12/h3-6,11,13,15,20-21,23H,7-10H2,1-2H3,(H2,19,24)/t11-,13?,15+,18+/m1/s1. The molecule has 8 heteroatoms. The molecule has 142 valence electrons. The molecule has 1 aromatic rings. The van der Waals surface area contributed by atoms with Gasteiger partial charge < -0.3 is 25.8 Å². The Hall–Kier alpha value is -2.16. The molecule has 2 aliphatic rings. The van der Waals surface area contributed by atoms with Crippen LogP contribution in [-0.4, -0.2) is 65.7 Å². The number of aliphatic hydroxyl groups excluding tert-OH is 1. The first-order valence-corrected chi connectivity index (χ1v) is 8.75. The maximum atomic E-state index is 12.7. The van der Waals surface area contributed by atoms with E-state index in [4.69, 9.17) is 10.5 Å². The molecule has 0 bridgehead atoms. The molecule has 4 atom stereocenters. The number of ether oxygens (including phenoxy) is 1. The second-order valence-corrected chi connectivity index (χ2v) is 7.16. The van der Waals surface area contributed by atoms with E-state index in [1.807, 2.05) is 24.3 Å². The summed E-state index contributed by atoms with van der Waals surface area (Å²) in [5.74, 6) is 0.251.